The van der Waals surface area contributed by atoms with Gasteiger partial charge in [0.25, 0.3) is 5.91 Å². The van der Waals surface area contributed by atoms with E-state index in [2.05, 4.69) is 42.5 Å². The van der Waals surface area contributed by atoms with Crippen molar-refractivity contribution in [2.24, 2.45) is 0 Å². The van der Waals surface area contributed by atoms with Crippen LogP contribution < -0.4 is 5.32 Å². The Bertz CT molecular complexity index is 942. The van der Waals surface area contributed by atoms with Gasteiger partial charge in [-0.2, -0.15) is 5.10 Å². The van der Waals surface area contributed by atoms with Crippen molar-refractivity contribution < 1.29 is 9.18 Å². The Morgan fingerprint density at radius 3 is 2.46 bits per heavy atom. The lowest BCUT2D eigenvalue weighted by atomic mass is 10.0. The second kappa shape index (κ2) is 6.75. The van der Waals surface area contributed by atoms with Gasteiger partial charge in [-0.1, -0.05) is 23.8 Å². The van der Waals surface area contributed by atoms with Gasteiger partial charge in [-0.3, -0.25) is 9.48 Å². The fourth-order valence-electron chi connectivity index (χ4n) is 2.83. The van der Waals surface area contributed by atoms with E-state index in [1.54, 1.807) is 24.7 Å². The molecule has 3 rings (SSSR count). The fraction of sp³-hybridized carbons (Fsp3) is 0.238. The van der Waals surface area contributed by atoms with Gasteiger partial charge in [-0.05, 0) is 63.1 Å². The van der Waals surface area contributed by atoms with Gasteiger partial charge in [0, 0.05) is 17.4 Å². The van der Waals surface area contributed by atoms with E-state index in [1.807, 2.05) is 6.20 Å². The molecule has 1 aromatic heterocycles. The highest BCUT2D eigenvalue weighted by Gasteiger charge is 2.31. The van der Waals surface area contributed by atoms with Crippen molar-refractivity contribution in [2.45, 2.75) is 33.2 Å². The van der Waals surface area contributed by atoms with Crippen molar-refractivity contribution >= 4 is 11.6 Å². The zero-order chi connectivity index (χ0) is 18.9. The van der Waals surface area contributed by atoms with Gasteiger partial charge in [0.05, 0.1) is 6.20 Å². The summed E-state index contributed by atoms with van der Waals surface area (Å²) in [5, 5.41) is 7.21. The van der Waals surface area contributed by atoms with Gasteiger partial charge < -0.3 is 5.32 Å². The average Bonchev–Trinajstić information content (AvgIpc) is 3.07. The van der Waals surface area contributed by atoms with E-state index in [0.717, 1.165) is 16.7 Å². The number of hydrogen-bond acceptors (Lipinski definition) is 2. The Morgan fingerprint density at radius 1 is 1.12 bits per heavy atom. The maximum atomic E-state index is 13.0. The van der Waals surface area contributed by atoms with E-state index >= 15 is 0 Å². The van der Waals surface area contributed by atoms with Crippen molar-refractivity contribution in [3.8, 4) is 11.1 Å². The first-order chi connectivity index (χ1) is 12.3. The topological polar surface area (TPSA) is 46.9 Å². The minimum atomic E-state index is -0.898. The Hall–Kier alpha value is -2.95. The molecule has 0 saturated carbocycles. The van der Waals surface area contributed by atoms with Crippen molar-refractivity contribution in [1.29, 1.82) is 0 Å². The molecule has 0 fully saturated rings. The minimum absolute atomic E-state index is 0.223. The molecule has 0 unspecified atom stereocenters. The predicted octanol–water partition coefficient (Wildman–Crippen LogP) is 4.68. The van der Waals surface area contributed by atoms with Crippen LogP contribution in [0, 0.1) is 19.7 Å². The molecule has 0 aliphatic carbocycles. The number of anilines is 1. The molecular weight excluding hydrogens is 329 g/mol. The van der Waals surface area contributed by atoms with Crippen LogP contribution in [-0.4, -0.2) is 15.7 Å². The molecule has 0 radical (unpaired) electrons. The van der Waals surface area contributed by atoms with Gasteiger partial charge in [0.1, 0.15) is 11.4 Å². The molecule has 134 valence electrons. The lowest BCUT2D eigenvalue weighted by Gasteiger charge is -2.24. The normalized spacial score (nSPS) is 11.4. The summed E-state index contributed by atoms with van der Waals surface area (Å²) in [4.78, 5) is 12.7. The SMILES string of the molecule is Cc1ccc(-c2cnn(C(C)(C)C(=O)Nc3ccc(F)cc3)c2)c(C)c1. The van der Waals surface area contributed by atoms with E-state index in [9.17, 15) is 9.18 Å². The van der Waals surface area contributed by atoms with Crippen molar-refractivity contribution in [3.63, 3.8) is 0 Å². The van der Waals surface area contributed by atoms with Crippen LogP contribution in [0.15, 0.2) is 54.9 Å². The lowest BCUT2D eigenvalue weighted by Crippen LogP contribution is -2.40. The van der Waals surface area contributed by atoms with E-state index in [4.69, 9.17) is 0 Å². The number of hydrogen-bond donors (Lipinski definition) is 1. The summed E-state index contributed by atoms with van der Waals surface area (Å²) >= 11 is 0. The molecule has 0 saturated heterocycles. The number of carbonyl (C=O) groups is 1. The molecule has 3 aromatic rings. The standard InChI is InChI=1S/C21H22FN3O/c1-14-5-10-19(15(2)11-14)16-12-23-25(13-16)21(3,4)20(26)24-18-8-6-17(22)7-9-18/h5-13H,1-4H3,(H,24,26). The van der Waals surface area contributed by atoms with Gasteiger partial charge >= 0.3 is 0 Å². The molecule has 0 spiro atoms. The molecule has 2 aromatic carbocycles. The number of nitrogens with zero attached hydrogens (tertiary/aromatic N) is 2. The number of aryl methyl sites for hydroxylation is 2. The number of benzene rings is 2. The van der Waals surface area contributed by atoms with Crippen LogP contribution in [0.1, 0.15) is 25.0 Å². The molecule has 0 bridgehead atoms. The van der Waals surface area contributed by atoms with Crippen molar-refractivity contribution in [1.82, 2.24) is 9.78 Å². The lowest BCUT2D eigenvalue weighted by molar-refractivity contribution is -0.123. The molecule has 0 aliphatic rings. The van der Waals surface area contributed by atoms with Gasteiger partial charge in [-0.15, -0.1) is 0 Å². The third kappa shape index (κ3) is 3.52. The number of amides is 1. The Balaban J connectivity index is 1.84. The maximum Gasteiger partial charge on any atom is 0.251 e. The second-order valence-electron chi connectivity index (χ2n) is 7.01. The van der Waals surface area contributed by atoms with E-state index in [1.165, 1.54) is 29.8 Å². The van der Waals surface area contributed by atoms with Gasteiger partial charge in [0.15, 0.2) is 0 Å². The van der Waals surface area contributed by atoms with Crippen LogP contribution in [0.2, 0.25) is 0 Å². The minimum Gasteiger partial charge on any atom is -0.324 e. The fourth-order valence-corrected chi connectivity index (χ4v) is 2.83. The van der Waals surface area contributed by atoms with Crippen LogP contribution in [0.25, 0.3) is 11.1 Å². The largest absolute Gasteiger partial charge is 0.324 e. The average molecular weight is 351 g/mol. The highest BCUT2D eigenvalue weighted by atomic mass is 19.1. The first-order valence-electron chi connectivity index (χ1n) is 8.47. The van der Waals surface area contributed by atoms with E-state index in [-0.39, 0.29) is 11.7 Å². The Labute approximate surface area is 152 Å². The third-order valence-corrected chi connectivity index (χ3v) is 4.51. The zero-order valence-electron chi connectivity index (χ0n) is 15.4. The van der Waals surface area contributed by atoms with Crippen LogP contribution in [0.5, 0.6) is 0 Å². The second-order valence-corrected chi connectivity index (χ2v) is 7.01. The number of carbonyl (C=O) groups excluding carboxylic acids is 1. The van der Waals surface area contributed by atoms with Gasteiger partial charge in [0.2, 0.25) is 0 Å². The molecule has 0 aliphatic heterocycles. The summed E-state index contributed by atoms with van der Waals surface area (Å²) in [5.74, 6) is -0.563. The number of aromatic nitrogens is 2. The maximum absolute atomic E-state index is 13.0. The van der Waals surface area contributed by atoms with Crippen LogP contribution >= 0.6 is 0 Å². The summed E-state index contributed by atoms with van der Waals surface area (Å²) in [6.07, 6.45) is 3.65. The molecular formula is C21H22FN3O. The van der Waals surface area contributed by atoms with E-state index < -0.39 is 5.54 Å². The smallest absolute Gasteiger partial charge is 0.251 e. The quantitative estimate of drug-likeness (QED) is 0.742. The van der Waals surface area contributed by atoms with Crippen LogP contribution in [0.4, 0.5) is 10.1 Å². The number of nitrogens with one attached hydrogen (secondary N) is 1. The van der Waals surface area contributed by atoms with Crippen molar-refractivity contribution in [2.75, 3.05) is 5.32 Å². The molecule has 26 heavy (non-hydrogen) atoms. The van der Waals surface area contributed by atoms with Gasteiger partial charge in [-0.25, -0.2) is 4.39 Å². The predicted molar refractivity (Wildman–Crippen MR) is 101 cm³/mol. The summed E-state index contributed by atoms with van der Waals surface area (Å²) in [6, 6.07) is 12.0. The number of rotatable bonds is 4. The first-order valence-corrected chi connectivity index (χ1v) is 8.47. The van der Waals surface area contributed by atoms with E-state index in [0.29, 0.717) is 5.69 Å². The summed E-state index contributed by atoms with van der Waals surface area (Å²) in [6.45, 7) is 7.71. The van der Waals surface area contributed by atoms with Crippen LogP contribution in [-0.2, 0) is 10.3 Å². The summed E-state index contributed by atoms with van der Waals surface area (Å²) in [7, 11) is 0. The van der Waals surface area contributed by atoms with Crippen LogP contribution in [0.3, 0.4) is 0 Å². The highest BCUT2D eigenvalue weighted by Crippen LogP contribution is 2.26. The Morgan fingerprint density at radius 2 is 1.81 bits per heavy atom. The molecule has 0 atom stereocenters. The zero-order valence-corrected chi connectivity index (χ0v) is 15.4. The molecule has 4 nitrogen and oxygen atoms in total. The summed E-state index contributed by atoms with van der Waals surface area (Å²) < 4.78 is 14.7. The monoisotopic (exact) mass is 351 g/mol. The van der Waals surface area contributed by atoms with Crippen molar-refractivity contribution in [3.05, 3.63) is 71.8 Å². The highest BCUT2D eigenvalue weighted by molar-refractivity contribution is 5.96. The third-order valence-electron chi connectivity index (χ3n) is 4.51. The molecule has 1 heterocycles. The summed E-state index contributed by atoms with van der Waals surface area (Å²) in [5.41, 5.74) is 4.08. The number of halogens is 1. The first kappa shape index (κ1) is 17.9. The molecule has 1 N–H and O–H groups in total. The molecule has 1 amide bonds. The molecule has 5 heteroatoms. The Kier molecular flexibility index (Phi) is 4.64.